The number of pyridine rings is 1. The number of hydrogen-bond acceptors (Lipinski definition) is 5. The predicted molar refractivity (Wildman–Crippen MR) is 132 cm³/mol. The lowest BCUT2D eigenvalue weighted by molar-refractivity contribution is 0.372. The minimum Gasteiger partial charge on any atom is -0.497 e. The Balaban J connectivity index is 1.38. The van der Waals surface area contributed by atoms with Crippen LogP contribution in [0.4, 0.5) is 5.69 Å². The first-order valence-corrected chi connectivity index (χ1v) is 11.5. The van der Waals surface area contributed by atoms with Gasteiger partial charge in [0, 0.05) is 50.3 Å². The minimum absolute atomic E-state index is 0.589. The summed E-state index contributed by atoms with van der Waals surface area (Å²) in [5.74, 6) is 2.67. The fraction of sp³-hybridized carbons (Fsp3) is 0.400. The summed E-state index contributed by atoms with van der Waals surface area (Å²) in [7, 11) is 1.70. The molecule has 3 heterocycles. The van der Waals surface area contributed by atoms with E-state index in [2.05, 4.69) is 56.4 Å². The van der Waals surface area contributed by atoms with Gasteiger partial charge in [-0.25, -0.2) is 14.7 Å². The summed E-state index contributed by atoms with van der Waals surface area (Å²) in [5.41, 5.74) is 4.37. The van der Waals surface area contributed by atoms with Crippen molar-refractivity contribution in [2.75, 3.05) is 44.7 Å². The second kappa shape index (κ2) is 10.4. The third kappa shape index (κ3) is 5.45. The predicted octanol–water partition coefficient (Wildman–Crippen LogP) is 3.18. The Hall–Kier alpha value is -3.55. The summed E-state index contributed by atoms with van der Waals surface area (Å²) in [6.45, 7) is 11.3. The molecule has 0 bridgehead atoms. The number of anilines is 1. The van der Waals surface area contributed by atoms with Crippen molar-refractivity contribution < 1.29 is 4.74 Å². The minimum atomic E-state index is 0.589. The van der Waals surface area contributed by atoms with E-state index >= 15 is 0 Å². The zero-order chi connectivity index (χ0) is 23.2. The van der Waals surface area contributed by atoms with Crippen molar-refractivity contribution in [2.45, 2.75) is 27.3 Å². The Bertz CT molecular complexity index is 1070. The molecule has 0 saturated carbocycles. The number of aliphatic imine (C=N–C) groups is 1. The first-order chi connectivity index (χ1) is 16.1. The summed E-state index contributed by atoms with van der Waals surface area (Å²) < 4.78 is 7.14. The number of hydrogen-bond donors (Lipinski definition) is 1. The molecule has 8 nitrogen and oxygen atoms in total. The lowest BCUT2D eigenvalue weighted by atomic mass is 10.2. The molecule has 0 spiro atoms. The van der Waals surface area contributed by atoms with Crippen molar-refractivity contribution >= 4 is 11.6 Å². The maximum atomic E-state index is 5.27. The average molecular weight is 448 g/mol. The van der Waals surface area contributed by atoms with E-state index in [0.29, 0.717) is 6.54 Å². The fourth-order valence-electron chi connectivity index (χ4n) is 4.06. The molecule has 1 aliphatic rings. The number of nitrogens with one attached hydrogen (secondary N) is 1. The van der Waals surface area contributed by atoms with Gasteiger partial charge >= 0.3 is 0 Å². The molecule has 1 saturated heterocycles. The molecule has 174 valence electrons. The van der Waals surface area contributed by atoms with Gasteiger partial charge in [-0.1, -0.05) is 6.07 Å². The zero-order valence-corrected chi connectivity index (χ0v) is 20.0. The van der Waals surface area contributed by atoms with Gasteiger partial charge in [0.15, 0.2) is 11.8 Å². The number of piperazine rings is 1. The smallest absolute Gasteiger partial charge is 0.194 e. The topological polar surface area (TPSA) is 70.8 Å². The van der Waals surface area contributed by atoms with Crippen LogP contribution in [-0.2, 0) is 6.54 Å². The van der Waals surface area contributed by atoms with Gasteiger partial charge < -0.3 is 19.9 Å². The molecular formula is C25H33N7O. The highest BCUT2D eigenvalue weighted by molar-refractivity contribution is 5.80. The molecule has 2 aromatic heterocycles. The van der Waals surface area contributed by atoms with E-state index in [-0.39, 0.29) is 0 Å². The Labute approximate surface area is 195 Å². The largest absolute Gasteiger partial charge is 0.497 e. The highest BCUT2D eigenvalue weighted by atomic mass is 16.5. The van der Waals surface area contributed by atoms with Crippen LogP contribution in [0.15, 0.2) is 53.7 Å². The summed E-state index contributed by atoms with van der Waals surface area (Å²) in [6.07, 6.45) is 1.89. The van der Waals surface area contributed by atoms with Crippen molar-refractivity contribution in [2.24, 2.45) is 4.99 Å². The Kier molecular flexibility index (Phi) is 7.12. The van der Waals surface area contributed by atoms with Gasteiger partial charge in [-0.05, 0) is 62.7 Å². The van der Waals surface area contributed by atoms with Crippen molar-refractivity contribution in [3.05, 3.63) is 65.6 Å². The Morgan fingerprint density at radius 2 is 1.82 bits per heavy atom. The number of guanidine groups is 1. The standard InChI is InChI=1S/C25H33N7O/c1-5-26-25(31-14-12-30(13-15-31)22-7-9-23(33-4)10-8-22)28-18-21-6-11-24(27-17-21)32-20(3)16-19(2)29-32/h6-11,16-17H,5,12-15,18H2,1-4H3,(H,26,28). The van der Waals surface area contributed by atoms with Crippen LogP contribution in [0.3, 0.4) is 0 Å². The zero-order valence-electron chi connectivity index (χ0n) is 20.0. The number of aryl methyl sites for hydroxylation is 2. The third-order valence-corrected chi connectivity index (χ3v) is 5.80. The summed E-state index contributed by atoms with van der Waals surface area (Å²) in [4.78, 5) is 14.2. The average Bonchev–Trinajstić information content (AvgIpc) is 3.20. The van der Waals surface area contributed by atoms with E-state index in [1.165, 1.54) is 5.69 Å². The molecule has 8 heteroatoms. The maximum absolute atomic E-state index is 5.27. The maximum Gasteiger partial charge on any atom is 0.194 e. The van der Waals surface area contributed by atoms with Gasteiger partial charge in [0.1, 0.15) is 5.75 Å². The highest BCUT2D eigenvalue weighted by Gasteiger charge is 2.20. The van der Waals surface area contributed by atoms with E-state index in [9.17, 15) is 0 Å². The van der Waals surface area contributed by atoms with Crippen molar-refractivity contribution in [1.29, 1.82) is 0 Å². The number of nitrogens with zero attached hydrogens (tertiary/aromatic N) is 6. The fourth-order valence-corrected chi connectivity index (χ4v) is 4.06. The quantitative estimate of drug-likeness (QED) is 0.462. The number of methoxy groups -OCH3 is 1. The number of aromatic nitrogens is 3. The molecule has 0 atom stereocenters. The van der Waals surface area contributed by atoms with Crippen molar-refractivity contribution in [1.82, 2.24) is 25.0 Å². The van der Waals surface area contributed by atoms with E-state index in [1.54, 1.807) is 7.11 Å². The molecule has 0 amide bonds. The Morgan fingerprint density at radius 1 is 1.06 bits per heavy atom. The van der Waals surface area contributed by atoms with Crippen LogP contribution in [0.1, 0.15) is 23.9 Å². The van der Waals surface area contributed by atoms with Crippen molar-refractivity contribution in [3.8, 4) is 11.6 Å². The van der Waals surface area contributed by atoms with E-state index < -0.39 is 0 Å². The first kappa shape index (κ1) is 22.6. The monoisotopic (exact) mass is 447 g/mol. The Morgan fingerprint density at radius 3 is 2.39 bits per heavy atom. The van der Waals surface area contributed by atoms with E-state index in [1.807, 2.05) is 42.9 Å². The molecule has 0 unspecified atom stereocenters. The van der Waals surface area contributed by atoms with Gasteiger partial charge in [-0.15, -0.1) is 0 Å². The lowest BCUT2D eigenvalue weighted by Gasteiger charge is -2.37. The number of rotatable bonds is 6. The third-order valence-electron chi connectivity index (χ3n) is 5.80. The molecule has 0 radical (unpaired) electrons. The van der Waals surface area contributed by atoms with Crippen LogP contribution < -0.4 is 15.0 Å². The molecule has 4 rings (SSSR count). The second-order valence-electron chi connectivity index (χ2n) is 8.21. The molecule has 1 fully saturated rings. The second-order valence-corrected chi connectivity index (χ2v) is 8.21. The molecular weight excluding hydrogens is 414 g/mol. The molecule has 3 aromatic rings. The summed E-state index contributed by atoms with van der Waals surface area (Å²) in [5, 5.41) is 7.95. The van der Waals surface area contributed by atoms with E-state index in [4.69, 9.17) is 9.73 Å². The van der Waals surface area contributed by atoms with Gasteiger partial charge in [0.05, 0.1) is 19.3 Å². The normalized spacial score (nSPS) is 14.5. The lowest BCUT2D eigenvalue weighted by Crippen LogP contribution is -2.52. The molecule has 1 aromatic carbocycles. The van der Waals surface area contributed by atoms with Gasteiger partial charge in [-0.2, -0.15) is 5.10 Å². The van der Waals surface area contributed by atoms with E-state index in [0.717, 1.165) is 67.2 Å². The van der Waals surface area contributed by atoms with Crippen molar-refractivity contribution in [3.63, 3.8) is 0 Å². The first-order valence-electron chi connectivity index (χ1n) is 11.5. The number of ether oxygens (including phenoxy) is 1. The van der Waals surface area contributed by atoms with Crippen LogP contribution in [0, 0.1) is 13.8 Å². The molecule has 1 N–H and O–H groups in total. The SMILES string of the molecule is CCNC(=NCc1ccc(-n2nc(C)cc2C)nc1)N1CCN(c2ccc(OC)cc2)CC1. The molecule has 1 aliphatic heterocycles. The van der Waals surface area contributed by atoms with Gasteiger partial charge in [0.25, 0.3) is 0 Å². The van der Waals surface area contributed by atoms with Gasteiger partial charge in [0.2, 0.25) is 0 Å². The molecule has 0 aliphatic carbocycles. The summed E-state index contributed by atoms with van der Waals surface area (Å²) >= 11 is 0. The van der Waals surface area contributed by atoms with Crippen LogP contribution in [0.5, 0.6) is 5.75 Å². The van der Waals surface area contributed by atoms with Crippen LogP contribution >= 0.6 is 0 Å². The highest BCUT2D eigenvalue weighted by Crippen LogP contribution is 2.20. The summed E-state index contributed by atoms with van der Waals surface area (Å²) in [6, 6.07) is 14.4. The molecule has 33 heavy (non-hydrogen) atoms. The number of benzene rings is 1. The van der Waals surface area contributed by atoms with Crippen LogP contribution in [0.25, 0.3) is 5.82 Å². The van der Waals surface area contributed by atoms with Crippen LogP contribution in [-0.4, -0.2) is 65.5 Å². The van der Waals surface area contributed by atoms with Crippen LogP contribution in [0.2, 0.25) is 0 Å². The van der Waals surface area contributed by atoms with Gasteiger partial charge in [-0.3, -0.25) is 0 Å².